The van der Waals surface area contributed by atoms with E-state index in [-0.39, 0.29) is 0 Å². The lowest BCUT2D eigenvalue weighted by Crippen LogP contribution is -1.66. The van der Waals surface area contributed by atoms with Gasteiger partial charge in [0.05, 0.1) is 0 Å². The van der Waals surface area contributed by atoms with Gasteiger partial charge in [0, 0.05) is 12.8 Å². The van der Waals surface area contributed by atoms with Crippen LogP contribution in [0.5, 0.6) is 0 Å². The molecule has 0 aliphatic heterocycles. The van der Waals surface area contributed by atoms with Gasteiger partial charge in [-0.05, 0) is 36.5 Å². The van der Waals surface area contributed by atoms with Crippen molar-refractivity contribution in [2.24, 2.45) is 0 Å². The number of hydrogen-bond acceptors (Lipinski definition) is 0. The van der Waals surface area contributed by atoms with Crippen LogP contribution in [0, 0.1) is 35.5 Å². The van der Waals surface area contributed by atoms with Gasteiger partial charge in [0.25, 0.3) is 0 Å². The Bertz CT molecular complexity index is 260. The van der Waals surface area contributed by atoms with E-state index in [1.165, 1.54) is 12.8 Å². The molecule has 0 atom stereocenters. The third kappa shape index (κ3) is 10.7. The Labute approximate surface area is 88.5 Å². The van der Waals surface area contributed by atoms with Crippen molar-refractivity contribution >= 4 is 0 Å². The van der Waals surface area contributed by atoms with Gasteiger partial charge in [-0.25, -0.2) is 0 Å². The van der Waals surface area contributed by atoms with Crippen molar-refractivity contribution in [2.45, 2.75) is 52.4 Å². The molecule has 14 heavy (non-hydrogen) atoms. The molecule has 0 bridgehead atoms. The van der Waals surface area contributed by atoms with E-state index in [9.17, 15) is 0 Å². The second-order valence-electron chi connectivity index (χ2n) is 3.06. The molecule has 0 radical (unpaired) electrons. The van der Waals surface area contributed by atoms with E-state index in [1.807, 2.05) is 0 Å². The molecule has 0 aromatic carbocycles. The van der Waals surface area contributed by atoms with Crippen LogP contribution in [-0.2, 0) is 0 Å². The normalized spacial score (nSPS) is 7.29. The molecule has 0 saturated heterocycles. The summed E-state index contributed by atoms with van der Waals surface area (Å²) in [5.41, 5.74) is 0. The average Bonchev–Trinajstić information content (AvgIpc) is 2.21. The predicted molar refractivity (Wildman–Crippen MR) is 62.4 cm³/mol. The molecule has 0 N–H and O–H groups in total. The fraction of sp³-hybridized carbons (Fsp3) is 0.571. The highest BCUT2D eigenvalue weighted by Crippen LogP contribution is 1.90. The zero-order valence-corrected chi connectivity index (χ0v) is 9.24. The molecule has 0 heteroatoms. The fourth-order valence-electron chi connectivity index (χ4n) is 0.806. The molecular weight excluding hydrogens is 168 g/mol. The standard InChI is InChI=1S/C14H18/c1-3-5-7-9-11-13-14-12-10-8-6-4-2/h3-8H2,1-2H3. The van der Waals surface area contributed by atoms with Crippen LogP contribution in [0.25, 0.3) is 0 Å². The highest BCUT2D eigenvalue weighted by atomic mass is 13.8. The minimum absolute atomic E-state index is 0.953. The minimum Gasteiger partial charge on any atom is -0.0891 e. The first kappa shape index (κ1) is 12.7. The Morgan fingerprint density at radius 2 is 1.07 bits per heavy atom. The first-order valence-corrected chi connectivity index (χ1v) is 5.37. The molecule has 0 spiro atoms. The second-order valence-corrected chi connectivity index (χ2v) is 3.06. The molecule has 0 unspecified atom stereocenters. The van der Waals surface area contributed by atoms with Crippen LogP contribution in [0.15, 0.2) is 0 Å². The molecule has 74 valence electrons. The summed E-state index contributed by atoms with van der Waals surface area (Å²) in [6, 6.07) is 0. The van der Waals surface area contributed by atoms with Crippen molar-refractivity contribution in [3.63, 3.8) is 0 Å². The van der Waals surface area contributed by atoms with Crippen LogP contribution in [0.3, 0.4) is 0 Å². The molecule has 0 fully saturated rings. The predicted octanol–water partition coefficient (Wildman–Crippen LogP) is 3.38. The molecule has 0 heterocycles. The Morgan fingerprint density at radius 3 is 1.43 bits per heavy atom. The van der Waals surface area contributed by atoms with Crippen molar-refractivity contribution in [2.75, 3.05) is 0 Å². The van der Waals surface area contributed by atoms with Gasteiger partial charge in [0.15, 0.2) is 0 Å². The van der Waals surface area contributed by atoms with Crippen LogP contribution in [-0.4, -0.2) is 0 Å². The van der Waals surface area contributed by atoms with E-state index in [2.05, 4.69) is 49.4 Å². The molecule has 0 nitrogen and oxygen atoms in total. The van der Waals surface area contributed by atoms with E-state index in [0.29, 0.717) is 0 Å². The minimum atomic E-state index is 0.953. The number of rotatable bonds is 4. The fourth-order valence-corrected chi connectivity index (χ4v) is 0.806. The highest BCUT2D eigenvalue weighted by Gasteiger charge is 1.74. The summed E-state index contributed by atoms with van der Waals surface area (Å²) in [6.07, 6.45) is 6.62. The van der Waals surface area contributed by atoms with Gasteiger partial charge < -0.3 is 0 Å². The van der Waals surface area contributed by atoms with Crippen LogP contribution in [0.2, 0.25) is 0 Å². The van der Waals surface area contributed by atoms with Crippen molar-refractivity contribution in [3.8, 4) is 35.5 Å². The van der Waals surface area contributed by atoms with Crippen LogP contribution in [0.1, 0.15) is 52.4 Å². The maximum Gasteiger partial charge on any atom is 0.00988 e. The maximum atomic E-state index is 3.00. The van der Waals surface area contributed by atoms with Gasteiger partial charge in [-0.15, -0.1) is 0 Å². The summed E-state index contributed by atoms with van der Waals surface area (Å²) in [5.74, 6) is 17.1. The Hall–Kier alpha value is -1.32. The molecule has 0 saturated carbocycles. The lowest BCUT2D eigenvalue weighted by atomic mass is 10.2. The largest absolute Gasteiger partial charge is 0.0891 e. The first-order valence-electron chi connectivity index (χ1n) is 5.37. The molecule has 0 aliphatic carbocycles. The van der Waals surface area contributed by atoms with Gasteiger partial charge in [-0.1, -0.05) is 38.5 Å². The molecule has 0 aromatic rings. The van der Waals surface area contributed by atoms with Crippen molar-refractivity contribution in [3.05, 3.63) is 0 Å². The number of hydrogen-bond donors (Lipinski definition) is 0. The summed E-state index contributed by atoms with van der Waals surface area (Å²) < 4.78 is 0. The molecular formula is C14H18. The van der Waals surface area contributed by atoms with Crippen LogP contribution < -0.4 is 0 Å². The lowest BCUT2D eigenvalue weighted by molar-refractivity contribution is 0.828. The zero-order chi connectivity index (χ0) is 10.5. The molecule has 0 rings (SSSR count). The average molecular weight is 186 g/mol. The Balaban J connectivity index is 3.57. The zero-order valence-electron chi connectivity index (χ0n) is 9.24. The monoisotopic (exact) mass is 186 g/mol. The van der Waals surface area contributed by atoms with Crippen molar-refractivity contribution in [1.82, 2.24) is 0 Å². The van der Waals surface area contributed by atoms with Gasteiger partial charge >= 0.3 is 0 Å². The molecule has 0 aliphatic rings. The SMILES string of the molecule is CCCCC#CC#CC#CCCCC. The van der Waals surface area contributed by atoms with Gasteiger partial charge in [0.2, 0.25) is 0 Å². The summed E-state index contributed by atoms with van der Waals surface area (Å²) in [7, 11) is 0. The Kier molecular flexibility index (Phi) is 10.6. The second kappa shape index (κ2) is 11.7. The van der Waals surface area contributed by atoms with E-state index in [0.717, 1.165) is 25.7 Å². The van der Waals surface area contributed by atoms with Crippen molar-refractivity contribution < 1.29 is 0 Å². The first-order chi connectivity index (χ1) is 6.91. The van der Waals surface area contributed by atoms with Gasteiger partial charge in [-0.2, -0.15) is 0 Å². The van der Waals surface area contributed by atoms with Gasteiger partial charge in [-0.3, -0.25) is 0 Å². The van der Waals surface area contributed by atoms with Crippen molar-refractivity contribution in [1.29, 1.82) is 0 Å². The quantitative estimate of drug-likeness (QED) is 0.466. The van der Waals surface area contributed by atoms with E-state index >= 15 is 0 Å². The van der Waals surface area contributed by atoms with E-state index < -0.39 is 0 Å². The van der Waals surface area contributed by atoms with E-state index in [1.54, 1.807) is 0 Å². The third-order valence-electron chi connectivity index (χ3n) is 1.67. The number of unbranched alkanes of at least 4 members (excludes halogenated alkanes) is 4. The summed E-state index contributed by atoms with van der Waals surface area (Å²) in [6.45, 7) is 4.32. The summed E-state index contributed by atoms with van der Waals surface area (Å²) in [5, 5.41) is 0. The van der Waals surface area contributed by atoms with Crippen LogP contribution >= 0.6 is 0 Å². The summed E-state index contributed by atoms with van der Waals surface area (Å²) in [4.78, 5) is 0. The van der Waals surface area contributed by atoms with Crippen LogP contribution in [0.4, 0.5) is 0 Å². The molecule has 0 aromatic heterocycles. The highest BCUT2D eigenvalue weighted by molar-refractivity contribution is 5.35. The smallest absolute Gasteiger partial charge is 0.00988 e. The topological polar surface area (TPSA) is 0 Å². The van der Waals surface area contributed by atoms with Gasteiger partial charge in [0.1, 0.15) is 0 Å². The summed E-state index contributed by atoms with van der Waals surface area (Å²) >= 11 is 0. The Morgan fingerprint density at radius 1 is 0.643 bits per heavy atom. The third-order valence-corrected chi connectivity index (χ3v) is 1.67. The van der Waals surface area contributed by atoms with E-state index in [4.69, 9.17) is 0 Å². The molecule has 0 amide bonds. The maximum absolute atomic E-state index is 3.00. The lowest BCUT2D eigenvalue weighted by Gasteiger charge is -1.81.